The second kappa shape index (κ2) is 8.06. The van der Waals surface area contributed by atoms with Gasteiger partial charge in [0.25, 0.3) is 0 Å². The van der Waals surface area contributed by atoms with Gasteiger partial charge in [-0.15, -0.1) is 10.2 Å². The summed E-state index contributed by atoms with van der Waals surface area (Å²) in [7, 11) is 0. The Hall–Kier alpha value is -1.21. The van der Waals surface area contributed by atoms with Gasteiger partial charge in [-0.2, -0.15) is 0 Å². The normalized spacial score (nSPS) is 12.5. The highest BCUT2D eigenvalue weighted by molar-refractivity contribution is 7.15. The molecule has 1 aromatic heterocycles. The van der Waals surface area contributed by atoms with Crippen LogP contribution < -0.4 is 10.6 Å². The fourth-order valence-corrected chi connectivity index (χ4v) is 2.47. The SMILES string of the molecule is CCCc1nnc(NC(=O)NC(CCO)C(C)C)s1. The minimum Gasteiger partial charge on any atom is -0.396 e. The van der Waals surface area contributed by atoms with Crippen LogP contribution in [0.1, 0.15) is 38.6 Å². The van der Waals surface area contributed by atoms with Crippen LogP contribution >= 0.6 is 11.3 Å². The molecule has 0 bridgehead atoms. The van der Waals surface area contributed by atoms with Gasteiger partial charge in [0.15, 0.2) is 0 Å². The van der Waals surface area contributed by atoms with Gasteiger partial charge in [-0.05, 0) is 18.8 Å². The number of urea groups is 1. The number of nitrogens with zero attached hydrogens (tertiary/aromatic N) is 2. The minimum atomic E-state index is -0.300. The minimum absolute atomic E-state index is 0.0481. The van der Waals surface area contributed by atoms with E-state index in [1.165, 1.54) is 11.3 Å². The van der Waals surface area contributed by atoms with Crippen molar-refractivity contribution < 1.29 is 9.90 Å². The van der Waals surface area contributed by atoms with Gasteiger partial charge < -0.3 is 10.4 Å². The molecule has 0 saturated carbocycles. The molecular formula is C12H22N4O2S. The van der Waals surface area contributed by atoms with Gasteiger partial charge in [0.2, 0.25) is 5.13 Å². The summed E-state index contributed by atoms with van der Waals surface area (Å²) in [5, 5.41) is 23.8. The van der Waals surface area contributed by atoms with Crippen LogP contribution in [-0.2, 0) is 6.42 Å². The quantitative estimate of drug-likeness (QED) is 0.715. The molecule has 0 fully saturated rings. The van der Waals surface area contributed by atoms with E-state index >= 15 is 0 Å². The van der Waals surface area contributed by atoms with Gasteiger partial charge in [-0.25, -0.2) is 4.79 Å². The molecule has 19 heavy (non-hydrogen) atoms. The summed E-state index contributed by atoms with van der Waals surface area (Å²) in [4.78, 5) is 11.8. The monoisotopic (exact) mass is 286 g/mol. The number of aliphatic hydroxyl groups excluding tert-OH is 1. The maximum Gasteiger partial charge on any atom is 0.321 e. The molecule has 1 rings (SSSR count). The Labute approximate surface area is 117 Å². The van der Waals surface area contributed by atoms with E-state index in [0.717, 1.165) is 17.8 Å². The summed E-state index contributed by atoms with van der Waals surface area (Å²) in [6.07, 6.45) is 2.43. The van der Waals surface area contributed by atoms with E-state index in [1.807, 2.05) is 13.8 Å². The Kier molecular flexibility index (Phi) is 6.72. The lowest BCUT2D eigenvalue weighted by Gasteiger charge is -2.21. The molecule has 1 heterocycles. The lowest BCUT2D eigenvalue weighted by Crippen LogP contribution is -2.41. The van der Waals surface area contributed by atoms with Gasteiger partial charge in [0.05, 0.1) is 0 Å². The molecule has 0 radical (unpaired) electrons. The van der Waals surface area contributed by atoms with Crippen molar-refractivity contribution in [3.8, 4) is 0 Å². The molecule has 7 heteroatoms. The first kappa shape index (κ1) is 15.8. The standard InChI is InChI=1S/C12H22N4O2S/c1-4-5-10-15-16-12(19-10)14-11(18)13-9(6-7-17)8(2)3/h8-9,17H,4-7H2,1-3H3,(H2,13,14,16,18). The third-order valence-corrected chi connectivity index (χ3v) is 3.61. The molecule has 108 valence electrons. The van der Waals surface area contributed by atoms with Gasteiger partial charge >= 0.3 is 6.03 Å². The van der Waals surface area contributed by atoms with E-state index < -0.39 is 0 Å². The second-order valence-corrected chi connectivity index (χ2v) is 5.77. The lowest BCUT2D eigenvalue weighted by molar-refractivity contribution is 0.227. The first-order valence-corrected chi connectivity index (χ1v) is 7.39. The van der Waals surface area contributed by atoms with Crippen LogP contribution in [0.3, 0.4) is 0 Å². The molecule has 0 aliphatic carbocycles. The molecular weight excluding hydrogens is 264 g/mol. The first-order valence-electron chi connectivity index (χ1n) is 6.57. The van der Waals surface area contributed by atoms with Crippen molar-refractivity contribution >= 4 is 22.5 Å². The summed E-state index contributed by atoms with van der Waals surface area (Å²) >= 11 is 1.39. The molecule has 0 aromatic carbocycles. The largest absolute Gasteiger partial charge is 0.396 e. The Morgan fingerprint density at radius 1 is 1.42 bits per heavy atom. The van der Waals surface area contributed by atoms with Crippen LogP contribution in [0.5, 0.6) is 0 Å². The number of amides is 2. The predicted molar refractivity (Wildman–Crippen MR) is 76.4 cm³/mol. The number of rotatable bonds is 7. The van der Waals surface area contributed by atoms with Crippen molar-refractivity contribution in [2.45, 2.75) is 46.1 Å². The number of aryl methyl sites for hydroxylation is 1. The van der Waals surface area contributed by atoms with E-state index in [4.69, 9.17) is 5.11 Å². The highest BCUT2D eigenvalue weighted by atomic mass is 32.1. The Bertz CT molecular complexity index is 395. The fraction of sp³-hybridized carbons (Fsp3) is 0.750. The smallest absolute Gasteiger partial charge is 0.321 e. The molecule has 0 saturated heterocycles. The highest BCUT2D eigenvalue weighted by Crippen LogP contribution is 2.16. The van der Waals surface area contributed by atoms with Gasteiger partial charge in [-0.3, -0.25) is 5.32 Å². The number of aromatic nitrogens is 2. The van der Waals surface area contributed by atoms with Crippen molar-refractivity contribution in [3.63, 3.8) is 0 Å². The van der Waals surface area contributed by atoms with Crippen LogP contribution in [0, 0.1) is 5.92 Å². The molecule has 6 nitrogen and oxygen atoms in total. The summed E-state index contributed by atoms with van der Waals surface area (Å²) < 4.78 is 0. The van der Waals surface area contributed by atoms with Crippen LogP contribution in [-0.4, -0.2) is 34.0 Å². The molecule has 3 N–H and O–H groups in total. The van der Waals surface area contributed by atoms with E-state index in [-0.39, 0.29) is 24.6 Å². The number of nitrogens with one attached hydrogen (secondary N) is 2. The third-order valence-electron chi connectivity index (χ3n) is 2.71. The fourth-order valence-electron chi connectivity index (χ4n) is 1.63. The zero-order valence-corrected chi connectivity index (χ0v) is 12.5. The van der Waals surface area contributed by atoms with Crippen molar-refractivity contribution in [2.75, 3.05) is 11.9 Å². The molecule has 1 atom stereocenters. The summed E-state index contributed by atoms with van der Waals surface area (Å²) in [6, 6.07) is -0.348. The van der Waals surface area contributed by atoms with E-state index in [0.29, 0.717) is 11.6 Å². The number of hydrogen-bond donors (Lipinski definition) is 3. The van der Waals surface area contributed by atoms with Gasteiger partial charge in [0.1, 0.15) is 5.01 Å². The average molecular weight is 286 g/mol. The van der Waals surface area contributed by atoms with Crippen molar-refractivity contribution in [3.05, 3.63) is 5.01 Å². The number of carbonyl (C=O) groups is 1. The van der Waals surface area contributed by atoms with Crippen LogP contribution in [0.4, 0.5) is 9.93 Å². The van der Waals surface area contributed by atoms with Crippen LogP contribution in [0.15, 0.2) is 0 Å². The topological polar surface area (TPSA) is 87.1 Å². The van der Waals surface area contributed by atoms with Crippen molar-refractivity contribution in [2.24, 2.45) is 5.92 Å². The molecule has 1 aromatic rings. The number of anilines is 1. The molecule has 0 aliphatic rings. The first-order chi connectivity index (χ1) is 9.06. The molecule has 0 aliphatic heterocycles. The Morgan fingerprint density at radius 2 is 2.16 bits per heavy atom. The zero-order chi connectivity index (χ0) is 14.3. The number of aliphatic hydroxyl groups is 1. The van der Waals surface area contributed by atoms with E-state index in [9.17, 15) is 4.79 Å². The van der Waals surface area contributed by atoms with E-state index in [1.54, 1.807) is 0 Å². The summed E-state index contributed by atoms with van der Waals surface area (Å²) in [5.41, 5.74) is 0. The van der Waals surface area contributed by atoms with E-state index in [2.05, 4.69) is 27.8 Å². The summed E-state index contributed by atoms with van der Waals surface area (Å²) in [5.74, 6) is 0.267. The van der Waals surface area contributed by atoms with Gasteiger partial charge in [-0.1, -0.05) is 32.1 Å². The van der Waals surface area contributed by atoms with Gasteiger partial charge in [0, 0.05) is 19.1 Å². The lowest BCUT2D eigenvalue weighted by atomic mass is 10.0. The average Bonchev–Trinajstić information content (AvgIpc) is 2.76. The maximum atomic E-state index is 11.8. The second-order valence-electron chi connectivity index (χ2n) is 4.71. The third kappa shape index (κ3) is 5.52. The van der Waals surface area contributed by atoms with Crippen molar-refractivity contribution in [1.82, 2.24) is 15.5 Å². The molecule has 2 amide bonds. The van der Waals surface area contributed by atoms with Crippen LogP contribution in [0.2, 0.25) is 0 Å². The predicted octanol–water partition coefficient (Wildman–Crippen LogP) is 2.02. The number of hydrogen-bond acceptors (Lipinski definition) is 5. The summed E-state index contributed by atoms with van der Waals surface area (Å²) in [6.45, 7) is 6.14. The highest BCUT2D eigenvalue weighted by Gasteiger charge is 2.16. The number of carbonyl (C=O) groups excluding carboxylic acids is 1. The molecule has 1 unspecified atom stereocenters. The molecule has 0 spiro atoms. The van der Waals surface area contributed by atoms with Crippen molar-refractivity contribution in [1.29, 1.82) is 0 Å². The van der Waals surface area contributed by atoms with Crippen LogP contribution in [0.25, 0.3) is 0 Å². The Balaban J connectivity index is 2.48. The maximum absolute atomic E-state index is 11.8. The zero-order valence-electron chi connectivity index (χ0n) is 11.6. The Morgan fingerprint density at radius 3 is 2.74 bits per heavy atom.